The fraction of sp³-hybridized carbons (Fsp3) is 0.533. The highest BCUT2D eigenvalue weighted by Gasteiger charge is 2.36. The van der Waals surface area contributed by atoms with Crippen LogP contribution in [-0.2, 0) is 0 Å². The summed E-state index contributed by atoms with van der Waals surface area (Å²) < 4.78 is 0.755. The highest BCUT2D eigenvalue weighted by atomic mass is 79.9. The number of nitrogens with zero attached hydrogens (tertiary/aromatic N) is 2. The molecule has 1 N–H and O–H groups in total. The SMILES string of the molecule is CCC1CCC(C#N)(NC(=O)c2cncc(Br)c2)CC1. The molecule has 5 heteroatoms. The first-order valence-electron chi connectivity index (χ1n) is 6.93. The molecule has 0 aliphatic heterocycles. The van der Waals surface area contributed by atoms with Gasteiger partial charge in [0.15, 0.2) is 0 Å². The number of aromatic nitrogens is 1. The molecule has 0 saturated heterocycles. The number of carbonyl (C=O) groups excluding carboxylic acids is 1. The Kier molecular flexibility index (Phi) is 4.77. The summed E-state index contributed by atoms with van der Waals surface area (Å²) in [6.45, 7) is 2.18. The van der Waals surface area contributed by atoms with Crippen molar-refractivity contribution in [2.75, 3.05) is 0 Å². The second-order valence-corrected chi connectivity index (χ2v) is 6.31. The Labute approximate surface area is 127 Å². The van der Waals surface area contributed by atoms with Crippen LogP contribution in [0.4, 0.5) is 0 Å². The first-order valence-corrected chi connectivity index (χ1v) is 7.72. The number of rotatable bonds is 3. The number of nitriles is 1. The van der Waals surface area contributed by atoms with E-state index in [9.17, 15) is 10.1 Å². The van der Waals surface area contributed by atoms with Crippen molar-refractivity contribution in [2.45, 2.75) is 44.6 Å². The monoisotopic (exact) mass is 335 g/mol. The van der Waals surface area contributed by atoms with Gasteiger partial charge < -0.3 is 5.32 Å². The van der Waals surface area contributed by atoms with Crippen molar-refractivity contribution >= 4 is 21.8 Å². The fourth-order valence-corrected chi connectivity index (χ4v) is 3.03. The van der Waals surface area contributed by atoms with Gasteiger partial charge in [-0.2, -0.15) is 5.26 Å². The molecule has 1 aliphatic rings. The van der Waals surface area contributed by atoms with Crippen LogP contribution in [-0.4, -0.2) is 16.4 Å². The first kappa shape index (κ1) is 15.0. The Morgan fingerprint density at radius 3 is 2.80 bits per heavy atom. The number of pyridine rings is 1. The molecule has 2 rings (SSSR count). The number of halogens is 1. The molecular formula is C15H18BrN3O. The van der Waals surface area contributed by atoms with Gasteiger partial charge in [0.2, 0.25) is 0 Å². The van der Waals surface area contributed by atoms with Crippen LogP contribution in [0.2, 0.25) is 0 Å². The van der Waals surface area contributed by atoms with E-state index < -0.39 is 5.54 Å². The van der Waals surface area contributed by atoms with Crippen molar-refractivity contribution < 1.29 is 4.79 Å². The van der Waals surface area contributed by atoms with Crippen LogP contribution in [0.1, 0.15) is 49.4 Å². The van der Waals surface area contributed by atoms with Crippen molar-refractivity contribution in [2.24, 2.45) is 5.92 Å². The van der Waals surface area contributed by atoms with Gasteiger partial charge in [-0.05, 0) is 53.6 Å². The van der Waals surface area contributed by atoms with E-state index in [0.29, 0.717) is 11.5 Å². The van der Waals surface area contributed by atoms with E-state index in [-0.39, 0.29) is 5.91 Å². The molecule has 1 amide bonds. The number of hydrogen-bond donors (Lipinski definition) is 1. The molecule has 0 spiro atoms. The van der Waals surface area contributed by atoms with Crippen molar-refractivity contribution in [3.63, 3.8) is 0 Å². The molecule has 0 atom stereocenters. The normalized spacial score (nSPS) is 25.8. The average Bonchev–Trinajstić information content (AvgIpc) is 2.48. The van der Waals surface area contributed by atoms with Gasteiger partial charge >= 0.3 is 0 Å². The molecule has 0 radical (unpaired) electrons. The summed E-state index contributed by atoms with van der Waals surface area (Å²) in [6.07, 6.45) is 7.75. The largest absolute Gasteiger partial charge is 0.334 e. The molecular weight excluding hydrogens is 318 g/mol. The lowest BCUT2D eigenvalue weighted by Gasteiger charge is -2.35. The Bertz CT molecular complexity index is 530. The molecule has 0 aromatic carbocycles. The van der Waals surface area contributed by atoms with E-state index >= 15 is 0 Å². The number of hydrogen-bond acceptors (Lipinski definition) is 3. The van der Waals surface area contributed by atoms with Gasteiger partial charge in [-0.25, -0.2) is 0 Å². The van der Waals surface area contributed by atoms with Gasteiger partial charge in [0.1, 0.15) is 5.54 Å². The van der Waals surface area contributed by atoms with E-state index in [0.717, 1.165) is 36.6 Å². The van der Waals surface area contributed by atoms with E-state index in [2.05, 4.69) is 39.2 Å². The minimum atomic E-state index is -0.717. The molecule has 1 aromatic rings. The zero-order valence-corrected chi connectivity index (χ0v) is 13.1. The standard InChI is InChI=1S/C15H18BrN3O/c1-2-11-3-5-15(10-17,6-4-11)19-14(20)12-7-13(16)9-18-8-12/h7-9,11H,2-6H2,1H3,(H,19,20). The summed E-state index contributed by atoms with van der Waals surface area (Å²) in [5.74, 6) is 0.455. The van der Waals surface area contributed by atoms with Crippen LogP contribution in [0.15, 0.2) is 22.9 Å². The lowest BCUT2D eigenvalue weighted by atomic mass is 9.76. The van der Waals surface area contributed by atoms with Crippen LogP contribution in [0.25, 0.3) is 0 Å². The summed E-state index contributed by atoms with van der Waals surface area (Å²) in [5.41, 5.74) is -0.239. The molecule has 0 bridgehead atoms. The van der Waals surface area contributed by atoms with Crippen LogP contribution in [0.3, 0.4) is 0 Å². The Morgan fingerprint density at radius 2 is 2.25 bits per heavy atom. The molecule has 1 aliphatic carbocycles. The highest BCUT2D eigenvalue weighted by molar-refractivity contribution is 9.10. The van der Waals surface area contributed by atoms with Gasteiger partial charge in [0.05, 0.1) is 11.6 Å². The highest BCUT2D eigenvalue weighted by Crippen LogP contribution is 2.33. The van der Waals surface area contributed by atoms with Crippen LogP contribution in [0, 0.1) is 17.2 Å². The van der Waals surface area contributed by atoms with E-state index in [1.807, 2.05) is 0 Å². The van der Waals surface area contributed by atoms with E-state index in [1.54, 1.807) is 12.3 Å². The molecule has 1 fully saturated rings. The third-order valence-electron chi connectivity index (χ3n) is 4.07. The van der Waals surface area contributed by atoms with Crippen LogP contribution >= 0.6 is 15.9 Å². The second-order valence-electron chi connectivity index (χ2n) is 5.39. The summed E-state index contributed by atoms with van der Waals surface area (Å²) in [6, 6.07) is 4.03. The van der Waals surface area contributed by atoms with E-state index in [4.69, 9.17) is 0 Å². The summed E-state index contributed by atoms with van der Waals surface area (Å²) in [4.78, 5) is 16.2. The maximum Gasteiger partial charge on any atom is 0.254 e. The Hall–Kier alpha value is -1.41. The maximum absolute atomic E-state index is 12.3. The molecule has 20 heavy (non-hydrogen) atoms. The average molecular weight is 336 g/mol. The number of nitrogens with one attached hydrogen (secondary N) is 1. The number of amides is 1. The molecule has 1 aromatic heterocycles. The minimum Gasteiger partial charge on any atom is -0.334 e. The minimum absolute atomic E-state index is 0.227. The van der Waals surface area contributed by atoms with Crippen molar-refractivity contribution in [3.8, 4) is 6.07 Å². The van der Waals surface area contributed by atoms with Gasteiger partial charge in [0, 0.05) is 16.9 Å². The fourth-order valence-electron chi connectivity index (χ4n) is 2.67. The van der Waals surface area contributed by atoms with Crippen molar-refractivity contribution in [1.29, 1.82) is 5.26 Å². The quantitative estimate of drug-likeness (QED) is 0.919. The molecule has 1 heterocycles. The summed E-state index contributed by atoms with van der Waals surface area (Å²) in [7, 11) is 0. The first-order chi connectivity index (χ1) is 9.58. The van der Waals surface area contributed by atoms with Gasteiger partial charge in [-0.1, -0.05) is 13.3 Å². The predicted octanol–water partition coefficient (Wildman–Crippen LogP) is 3.44. The maximum atomic E-state index is 12.3. The lowest BCUT2D eigenvalue weighted by molar-refractivity contribution is 0.0891. The lowest BCUT2D eigenvalue weighted by Crippen LogP contribution is -2.49. The van der Waals surface area contributed by atoms with Crippen LogP contribution in [0.5, 0.6) is 0 Å². The summed E-state index contributed by atoms with van der Waals surface area (Å²) in [5, 5.41) is 12.4. The van der Waals surface area contributed by atoms with Crippen molar-refractivity contribution in [1.82, 2.24) is 10.3 Å². The third-order valence-corrected chi connectivity index (χ3v) is 4.50. The topological polar surface area (TPSA) is 65.8 Å². The van der Waals surface area contributed by atoms with Crippen molar-refractivity contribution in [3.05, 3.63) is 28.5 Å². The van der Waals surface area contributed by atoms with Gasteiger partial charge in [-0.15, -0.1) is 0 Å². The van der Waals surface area contributed by atoms with Crippen LogP contribution < -0.4 is 5.32 Å². The Morgan fingerprint density at radius 1 is 1.55 bits per heavy atom. The zero-order valence-electron chi connectivity index (χ0n) is 11.5. The van der Waals surface area contributed by atoms with Gasteiger partial charge in [0.25, 0.3) is 5.91 Å². The molecule has 1 saturated carbocycles. The zero-order chi connectivity index (χ0) is 14.6. The summed E-state index contributed by atoms with van der Waals surface area (Å²) >= 11 is 3.30. The smallest absolute Gasteiger partial charge is 0.254 e. The van der Waals surface area contributed by atoms with E-state index in [1.165, 1.54) is 6.20 Å². The molecule has 4 nitrogen and oxygen atoms in total. The molecule has 106 valence electrons. The number of carbonyl (C=O) groups is 1. The Balaban J connectivity index is 2.07. The predicted molar refractivity (Wildman–Crippen MR) is 80.0 cm³/mol. The van der Waals surface area contributed by atoms with Gasteiger partial charge in [-0.3, -0.25) is 9.78 Å². The third kappa shape index (κ3) is 3.37. The second kappa shape index (κ2) is 6.36. The molecule has 0 unspecified atom stereocenters.